The zero-order valence-electron chi connectivity index (χ0n) is 26.8. The first kappa shape index (κ1) is 40.5. The minimum Gasteiger partial charge on any atom is -1.00 e. The number of esters is 1. The summed E-state index contributed by atoms with van der Waals surface area (Å²) in [6.07, 6.45) is 17.0. The topological polar surface area (TPSA) is 76.7 Å². The third kappa shape index (κ3) is 24.0. The summed E-state index contributed by atoms with van der Waals surface area (Å²) >= 11 is 5.51. The van der Waals surface area contributed by atoms with Gasteiger partial charge in [0.05, 0.1) is 26.1 Å². The Kier molecular flexibility index (Phi) is 25.1. The number of thiocarbonyl (C=S) groups is 1. The molecule has 0 fully saturated rings. The largest absolute Gasteiger partial charge is 1.00 e. The average Bonchev–Trinajstić information content (AvgIpc) is 2.93. The maximum atomic E-state index is 12.8. The van der Waals surface area contributed by atoms with Gasteiger partial charge in [-0.1, -0.05) is 114 Å². The molecule has 0 bridgehead atoms. The number of hydrogen-bond acceptors (Lipinski definition) is 5. The summed E-state index contributed by atoms with van der Waals surface area (Å²) in [7, 11) is 6.12. The smallest absolute Gasteiger partial charge is 0.408 e. The van der Waals surface area contributed by atoms with Crippen LogP contribution in [-0.2, 0) is 20.9 Å². The molecule has 0 aliphatic carbocycles. The highest BCUT2D eigenvalue weighted by molar-refractivity contribution is 7.80. The predicted molar refractivity (Wildman–Crippen MR) is 173 cm³/mol. The van der Waals surface area contributed by atoms with Gasteiger partial charge < -0.3 is 48.6 Å². The number of unbranched alkanes of at least 4 members (excludes halogenated alkanes) is 11. The van der Waals surface area contributed by atoms with Crippen molar-refractivity contribution in [1.82, 2.24) is 10.6 Å². The zero-order valence-corrected chi connectivity index (χ0v) is 29.7. The fourth-order valence-corrected chi connectivity index (χ4v) is 4.66. The van der Waals surface area contributed by atoms with Crippen molar-refractivity contribution in [2.75, 3.05) is 40.8 Å². The first-order valence-electron chi connectivity index (χ1n) is 15.9. The molecule has 0 aliphatic rings. The van der Waals surface area contributed by atoms with E-state index >= 15 is 0 Å². The third-order valence-corrected chi connectivity index (χ3v) is 7.39. The quantitative estimate of drug-likeness (QED) is 0.0546. The maximum absolute atomic E-state index is 12.8. The number of quaternary nitrogens is 1. The van der Waals surface area contributed by atoms with Crippen molar-refractivity contribution in [3.63, 3.8) is 0 Å². The molecule has 0 aliphatic heterocycles. The fraction of sp³-hybridized carbons (Fsp3) is 0.727. The van der Waals surface area contributed by atoms with Crippen LogP contribution in [0.1, 0.15) is 109 Å². The van der Waals surface area contributed by atoms with E-state index in [1.165, 1.54) is 64.2 Å². The van der Waals surface area contributed by atoms with Gasteiger partial charge in [0.25, 0.3) is 0 Å². The van der Waals surface area contributed by atoms with Crippen LogP contribution in [0.5, 0.6) is 0 Å². The summed E-state index contributed by atoms with van der Waals surface area (Å²) < 4.78 is 11.5. The molecule has 1 aromatic carbocycles. The molecule has 0 radical (unpaired) electrons. The maximum Gasteiger partial charge on any atom is 0.408 e. The molecule has 0 heterocycles. The van der Waals surface area contributed by atoms with Crippen molar-refractivity contribution in [3.05, 3.63) is 35.9 Å². The van der Waals surface area contributed by atoms with Gasteiger partial charge in [-0.15, -0.1) is 0 Å². The lowest BCUT2D eigenvalue weighted by atomic mass is 10.1. The van der Waals surface area contributed by atoms with Gasteiger partial charge in [0.1, 0.15) is 25.8 Å². The standard InChI is InChI=1S/C33H57N3O4S.HI/c1-5-6-7-8-9-10-11-12-13-14-18-24-31(41)34-25-20-19-23-30(32(37)39-27-26-36(2,3)4)35-33(38)40-28-29-21-16-15-17-22-29;/h15-17,21-22,30H,5-14,18-20,23-28H2,1-4H3,(H-,34,35,38,41);1H/t30-;/m0./s1. The minimum absolute atomic E-state index is 0. The fourth-order valence-electron chi connectivity index (χ4n) is 4.42. The Bertz CT molecular complexity index is 836. The molecule has 1 aromatic rings. The van der Waals surface area contributed by atoms with Gasteiger partial charge in [0, 0.05) is 6.54 Å². The third-order valence-electron chi connectivity index (χ3n) is 7.04. The average molecular weight is 720 g/mol. The second kappa shape index (κ2) is 26.0. The molecule has 1 rings (SSSR count). The summed E-state index contributed by atoms with van der Waals surface area (Å²) in [5, 5.41) is 6.06. The normalized spacial score (nSPS) is 11.7. The molecule has 7 nitrogen and oxygen atoms in total. The SMILES string of the molecule is CCCCCCCCCCCCCC(=S)NCCCC[C@H](NC(=O)OCc1ccccc1)C(=O)OCC[N+](C)(C)C.[I-]. The second-order valence-corrected chi connectivity index (χ2v) is 12.6. The summed E-state index contributed by atoms with van der Waals surface area (Å²) in [5.74, 6) is -0.421. The molecule has 242 valence electrons. The van der Waals surface area contributed by atoms with E-state index in [9.17, 15) is 9.59 Å². The monoisotopic (exact) mass is 719 g/mol. The molecular weight excluding hydrogens is 661 g/mol. The summed E-state index contributed by atoms with van der Waals surface area (Å²) in [4.78, 5) is 26.1. The van der Waals surface area contributed by atoms with E-state index in [-0.39, 0.29) is 30.6 Å². The van der Waals surface area contributed by atoms with E-state index in [1.54, 1.807) is 0 Å². The molecule has 9 heteroatoms. The number of alkyl carbamates (subject to hydrolysis) is 1. The van der Waals surface area contributed by atoms with E-state index in [1.807, 2.05) is 51.5 Å². The molecule has 1 atom stereocenters. The van der Waals surface area contributed by atoms with Crippen molar-refractivity contribution in [1.29, 1.82) is 0 Å². The number of rotatable bonds is 24. The van der Waals surface area contributed by atoms with Crippen LogP contribution in [-0.4, -0.2) is 68.4 Å². The van der Waals surface area contributed by atoms with Gasteiger partial charge in [-0.05, 0) is 37.7 Å². The lowest BCUT2D eigenvalue weighted by Crippen LogP contribution is -3.00. The van der Waals surface area contributed by atoms with Crippen molar-refractivity contribution in [2.24, 2.45) is 0 Å². The van der Waals surface area contributed by atoms with Crippen LogP contribution in [0.4, 0.5) is 4.79 Å². The number of hydrogen-bond donors (Lipinski definition) is 2. The summed E-state index contributed by atoms with van der Waals surface area (Å²) in [6, 6.07) is 8.72. The van der Waals surface area contributed by atoms with Gasteiger partial charge in [0.15, 0.2) is 0 Å². The van der Waals surface area contributed by atoms with Crippen LogP contribution in [0.2, 0.25) is 0 Å². The Morgan fingerprint density at radius 2 is 1.43 bits per heavy atom. The highest BCUT2D eigenvalue weighted by Crippen LogP contribution is 2.12. The van der Waals surface area contributed by atoms with E-state index in [2.05, 4.69) is 17.6 Å². The molecule has 1 amide bonds. The molecule has 0 saturated carbocycles. The molecule has 2 N–H and O–H groups in total. The Balaban J connectivity index is 0.0000168. The first-order chi connectivity index (χ1) is 19.7. The molecule has 0 saturated heterocycles. The second-order valence-electron chi connectivity index (χ2n) is 12.1. The number of nitrogens with zero attached hydrogens (tertiary/aromatic N) is 1. The van der Waals surface area contributed by atoms with Crippen LogP contribution >= 0.6 is 12.2 Å². The minimum atomic E-state index is -0.742. The van der Waals surface area contributed by atoms with Crippen molar-refractivity contribution >= 4 is 29.3 Å². The van der Waals surface area contributed by atoms with Gasteiger partial charge in [0.2, 0.25) is 0 Å². The Morgan fingerprint density at radius 3 is 2.02 bits per heavy atom. The molecule has 0 spiro atoms. The summed E-state index contributed by atoms with van der Waals surface area (Å²) in [5.41, 5.74) is 0.889. The number of nitrogens with one attached hydrogen (secondary N) is 2. The van der Waals surface area contributed by atoms with Gasteiger partial charge in [-0.3, -0.25) is 0 Å². The van der Waals surface area contributed by atoms with Crippen LogP contribution in [0.25, 0.3) is 0 Å². The first-order valence-corrected chi connectivity index (χ1v) is 16.3. The number of amides is 1. The number of likely N-dealkylation sites (N-methyl/N-ethyl adjacent to an activating group) is 1. The van der Waals surface area contributed by atoms with Crippen molar-refractivity contribution in [3.8, 4) is 0 Å². The van der Waals surface area contributed by atoms with Crippen LogP contribution in [0.15, 0.2) is 30.3 Å². The highest BCUT2D eigenvalue weighted by Gasteiger charge is 2.23. The van der Waals surface area contributed by atoms with E-state index in [4.69, 9.17) is 21.7 Å². The van der Waals surface area contributed by atoms with E-state index in [0.29, 0.717) is 24.1 Å². The number of carbonyl (C=O) groups excluding carboxylic acids is 2. The molecule has 0 aromatic heterocycles. The summed E-state index contributed by atoms with van der Waals surface area (Å²) in [6.45, 7) is 4.17. The number of benzene rings is 1. The van der Waals surface area contributed by atoms with Crippen molar-refractivity contribution < 1.29 is 47.5 Å². The van der Waals surface area contributed by atoms with E-state index < -0.39 is 18.1 Å². The molecule has 0 unspecified atom stereocenters. The van der Waals surface area contributed by atoms with E-state index in [0.717, 1.165) is 42.8 Å². The van der Waals surface area contributed by atoms with Gasteiger partial charge in [-0.25, -0.2) is 9.59 Å². The molecule has 42 heavy (non-hydrogen) atoms. The molecular formula is C33H58IN3O4S. The number of carbonyl (C=O) groups is 2. The lowest BCUT2D eigenvalue weighted by Gasteiger charge is -2.24. The van der Waals surface area contributed by atoms with Gasteiger partial charge >= 0.3 is 12.1 Å². The van der Waals surface area contributed by atoms with Crippen LogP contribution < -0.4 is 34.6 Å². The number of ether oxygens (including phenoxy) is 2. The Morgan fingerprint density at radius 1 is 0.833 bits per heavy atom. The zero-order chi connectivity index (χ0) is 30.2. The van der Waals surface area contributed by atoms with Crippen molar-refractivity contribution in [2.45, 2.75) is 116 Å². The Hall–Kier alpha value is -1.46. The van der Waals surface area contributed by atoms with Crippen LogP contribution in [0, 0.1) is 0 Å². The predicted octanol–water partition coefficient (Wildman–Crippen LogP) is 4.32. The number of halogens is 1. The lowest BCUT2D eigenvalue weighted by molar-refractivity contribution is -0.870. The van der Waals surface area contributed by atoms with Crippen LogP contribution in [0.3, 0.4) is 0 Å². The highest BCUT2D eigenvalue weighted by atomic mass is 127. The van der Waals surface area contributed by atoms with Gasteiger partial charge in [-0.2, -0.15) is 0 Å². The Labute approximate surface area is 278 Å².